The Labute approximate surface area is 155 Å². The minimum absolute atomic E-state index is 0.156. The van der Waals surface area contributed by atoms with Crippen molar-refractivity contribution in [3.05, 3.63) is 52.7 Å². The molecule has 2 heterocycles. The van der Waals surface area contributed by atoms with E-state index in [0.717, 1.165) is 17.4 Å². The molecule has 0 bridgehead atoms. The normalized spacial score (nSPS) is 10.3. The predicted molar refractivity (Wildman–Crippen MR) is 98.7 cm³/mol. The summed E-state index contributed by atoms with van der Waals surface area (Å²) in [6.45, 7) is 1.47. The van der Waals surface area contributed by atoms with Crippen LogP contribution >= 0.6 is 0 Å². The van der Waals surface area contributed by atoms with Crippen LogP contribution in [0.5, 0.6) is 0 Å². The molecule has 0 fully saturated rings. The third kappa shape index (κ3) is 6.07. The second-order valence-corrected chi connectivity index (χ2v) is 5.85. The van der Waals surface area contributed by atoms with E-state index >= 15 is 0 Å². The molecule has 2 rings (SSSR count). The Balaban J connectivity index is 2.10. The number of carboxylic acids is 1. The Morgan fingerprint density at radius 1 is 1.15 bits per heavy atom. The first-order chi connectivity index (χ1) is 12.9. The van der Waals surface area contributed by atoms with Gasteiger partial charge >= 0.3 is 5.97 Å². The molecule has 0 aliphatic carbocycles. The lowest BCUT2D eigenvalue weighted by molar-refractivity contribution is -0.137. The van der Waals surface area contributed by atoms with Gasteiger partial charge in [0.2, 0.25) is 5.91 Å². The summed E-state index contributed by atoms with van der Waals surface area (Å²) in [4.78, 5) is 50.5. The average Bonchev–Trinajstić information content (AvgIpc) is 2.62. The fourth-order valence-corrected chi connectivity index (χ4v) is 2.27. The van der Waals surface area contributed by atoms with Gasteiger partial charge in [0.1, 0.15) is 6.54 Å². The Kier molecular flexibility index (Phi) is 6.81. The summed E-state index contributed by atoms with van der Waals surface area (Å²) in [5.41, 5.74) is 0.381. The van der Waals surface area contributed by atoms with Crippen molar-refractivity contribution in [2.45, 2.75) is 32.7 Å². The molecule has 0 radical (unpaired) electrons. The Bertz CT molecular complexity index is 907. The number of anilines is 2. The van der Waals surface area contributed by atoms with E-state index in [2.05, 4.69) is 15.6 Å². The van der Waals surface area contributed by atoms with E-state index in [4.69, 9.17) is 5.11 Å². The molecule has 27 heavy (non-hydrogen) atoms. The molecule has 9 nitrogen and oxygen atoms in total. The largest absolute Gasteiger partial charge is 0.480 e. The molecule has 0 saturated carbocycles. The fourth-order valence-electron chi connectivity index (χ4n) is 2.27. The molecule has 142 valence electrons. The minimum atomic E-state index is -1.17. The van der Waals surface area contributed by atoms with Crippen molar-refractivity contribution in [3.63, 3.8) is 0 Å². The molecule has 2 amide bonds. The van der Waals surface area contributed by atoms with E-state index in [9.17, 15) is 19.2 Å². The first kappa shape index (κ1) is 19.8. The van der Waals surface area contributed by atoms with Crippen LogP contribution in [0.25, 0.3) is 0 Å². The summed E-state index contributed by atoms with van der Waals surface area (Å²) >= 11 is 0. The highest BCUT2D eigenvalue weighted by Crippen LogP contribution is 2.12. The number of carbonyl (C=O) groups excluding carboxylic acids is 2. The highest BCUT2D eigenvalue weighted by atomic mass is 16.4. The van der Waals surface area contributed by atoms with Crippen LogP contribution in [0.4, 0.5) is 11.4 Å². The smallest absolute Gasteiger partial charge is 0.323 e. The molecule has 0 aliphatic rings. The van der Waals surface area contributed by atoms with E-state index in [1.807, 2.05) is 6.92 Å². The number of aliphatic carboxylic acids is 1. The first-order valence-electron chi connectivity index (χ1n) is 8.37. The van der Waals surface area contributed by atoms with Gasteiger partial charge in [-0.25, -0.2) is 0 Å². The second kappa shape index (κ2) is 9.27. The molecule has 2 aromatic heterocycles. The van der Waals surface area contributed by atoms with E-state index < -0.39 is 24.0 Å². The number of hydrogen-bond acceptors (Lipinski definition) is 5. The van der Waals surface area contributed by atoms with E-state index in [1.54, 1.807) is 0 Å². The van der Waals surface area contributed by atoms with Gasteiger partial charge in [0.25, 0.3) is 11.5 Å². The molecule has 9 heteroatoms. The molecule has 0 aliphatic heterocycles. The van der Waals surface area contributed by atoms with Crippen molar-refractivity contribution in [2.75, 3.05) is 10.6 Å². The van der Waals surface area contributed by atoms with Crippen molar-refractivity contribution in [3.8, 4) is 0 Å². The number of aromatic nitrogens is 2. The zero-order valence-corrected chi connectivity index (χ0v) is 14.8. The third-order valence-corrected chi connectivity index (χ3v) is 3.59. The van der Waals surface area contributed by atoms with Gasteiger partial charge in [-0.2, -0.15) is 0 Å². The lowest BCUT2D eigenvalue weighted by Gasteiger charge is -2.09. The molecule has 0 aromatic carbocycles. The van der Waals surface area contributed by atoms with Crippen molar-refractivity contribution in [2.24, 2.45) is 0 Å². The number of hydrogen-bond donors (Lipinski definition) is 3. The number of nitrogens with one attached hydrogen (secondary N) is 2. The van der Waals surface area contributed by atoms with Gasteiger partial charge in [0.15, 0.2) is 0 Å². The van der Waals surface area contributed by atoms with Crippen molar-refractivity contribution in [1.82, 2.24) is 9.55 Å². The number of unbranched alkanes of at least 4 members (excludes halogenated alkanes) is 1. The summed E-state index contributed by atoms with van der Waals surface area (Å²) in [5, 5.41) is 14.1. The lowest BCUT2D eigenvalue weighted by atomic mass is 10.2. The van der Waals surface area contributed by atoms with E-state index in [-0.39, 0.29) is 17.2 Å². The van der Waals surface area contributed by atoms with Gasteiger partial charge in [0, 0.05) is 24.9 Å². The average molecular weight is 372 g/mol. The maximum Gasteiger partial charge on any atom is 0.323 e. The Morgan fingerprint density at radius 3 is 2.63 bits per heavy atom. The summed E-state index contributed by atoms with van der Waals surface area (Å²) in [5.74, 6) is -1.83. The number of carbonyl (C=O) groups is 3. The maximum atomic E-state index is 12.4. The summed E-state index contributed by atoms with van der Waals surface area (Å²) < 4.78 is 0.973. The zero-order valence-electron chi connectivity index (χ0n) is 14.8. The molecule has 3 N–H and O–H groups in total. The van der Waals surface area contributed by atoms with Crippen LogP contribution in [0.3, 0.4) is 0 Å². The first-order valence-corrected chi connectivity index (χ1v) is 8.37. The Hall–Kier alpha value is -3.49. The topological polar surface area (TPSA) is 130 Å². The summed E-state index contributed by atoms with van der Waals surface area (Å²) in [6.07, 6.45) is 6.08. The fraction of sp³-hybridized carbons (Fsp3) is 0.278. The molecular formula is C18H20N4O5. The summed E-state index contributed by atoms with van der Waals surface area (Å²) in [6, 6.07) is 4.03. The molecule has 0 spiro atoms. The van der Waals surface area contributed by atoms with Crippen LogP contribution in [-0.4, -0.2) is 32.4 Å². The molecular weight excluding hydrogens is 352 g/mol. The van der Waals surface area contributed by atoms with Crippen molar-refractivity contribution >= 4 is 29.2 Å². The van der Waals surface area contributed by atoms with E-state index in [0.29, 0.717) is 12.1 Å². The number of nitrogens with zero attached hydrogens (tertiary/aromatic N) is 2. The van der Waals surface area contributed by atoms with Gasteiger partial charge in [-0.1, -0.05) is 13.3 Å². The number of carboxylic acid groups (broad SMARTS) is 1. The van der Waals surface area contributed by atoms with Crippen molar-refractivity contribution in [1.29, 1.82) is 0 Å². The summed E-state index contributed by atoms with van der Waals surface area (Å²) in [7, 11) is 0. The van der Waals surface area contributed by atoms with Gasteiger partial charge in [-0.15, -0.1) is 0 Å². The molecule has 0 atom stereocenters. The van der Waals surface area contributed by atoms with Crippen LogP contribution in [0.15, 0.2) is 41.6 Å². The van der Waals surface area contributed by atoms with E-state index in [1.165, 1.54) is 36.8 Å². The van der Waals surface area contributed by atoms with Crippen LogP contribution in [0.1, 0.15) is 36.5 Å². The monoisotopic (exact) mass is 372 g/mol. The predicted octanol–water partition coefficient (Wildman–Crippen LogP) is 1.71. The maximum absolute atomic E-state index is 12.4. The number of rotatable bonds is 8. The molecule has 0 saturated heterocycles. The van der Waals surface area contributed by atoms with Gasteiger partial charge in [0.05, 0.1) is 23.1 Å². The Morgan fingerprint density at radius 2 is 1.93 bits per heavy atom. The van der Waals surface area contributed by atoms with Gasteiger partial charge in [-0.05, 0) is 18.6 Å². The molecule has 0 unspecified atom stereocenters. The van der Waals surface area contributed by atoms with Crippen molar-refractivity contribution < 1.29 is 19.5 Å². The highest BCUT2D eigenvalue weighted by molar-refractivity contribution is 6.05. The quantitative estimate of drug-likeness (QED) is 0.647. The number of amides is 2. The highest BCUT2D eigenvalue weighted by Gasteiger charge is 2.11. The van der Waals surface area contributed by atoms with Crippen LogP contribution in [-0.2, 0) is 16.1 Å². The number of pyridine rings is 2. The standard InChI is InChI=1S/C18H20N4O5/c1-2-3-4-15(23)20-14-7-12(8-19-9-14)18(27)21-13-5-6-16(24)22(10-13)11-17(25)26/h5-10H,2-4,11H2,1H3,(H,20,23)(H,21,27)(H,25,26). The van der Waals surface area contributed by atoms with Crippen LogP contribution in [0.2, 0.25) is 0 Å². The van der Waals surface area contributed by atoms with Gasteiger partial charge < -0.3 is 20.3 Å². The molecule has 2 aromatic rings. The van der Waals surface area contributed by atoms with Crippen LogP contribution in [0, 0.1) is 0 Å². The minimum Gasteiger partial charge on any atom is -0.480 e. The lowest BCUT2D eigenvalue weighted by Crippen LogP contribution is -2.24. The zero-order chi connectivity index (χ0) is 19.8. The third-order valence-electron chi connectivity index (χ3n) is 3.59. The van der Waals surface area contributed by atoms with Crippen LogP contribution < -0.4 is 16.2 Å². The second-order valence-electron chi connectivity index (χ2n) is 5.85. The SMILES string of the molecule is CCCCC(=O)Nc1cncc(C(=O)Nc2ccc(=O)n(CC(=O)O)c2)c1. The van der Waals surface area contributed by atoms with Gasteiger partial charge in [-0.3, -0.25) is 24.2 Å².